The van der Waals surface area contributed by atoms with Crippen molar-refractivity contribution in [2.24, 2.45) is 5.92 Å². The standard InChI is InChI=1S/C18H21FN2O/c1-11-10-16(13-4-2-5-14(19)18(13)20-11)21-15-6-3-7-17-12(15)8-9-22-17/h2,4-5,10,12,15,17H,3,6-9H2,1H3,(H,20,21). The van der Waals surface area contributed by atoms with Gasteiger partial charge in [-0.2, -0.15) is 0 Å². The van der Waals surface area contributed by atoms with Gasteiger partial charge >= 0.3 is 0 Å². The van der Waals surface area contributed by atoms with Gasteiger partial charge in [-0.15, -0.1) is 0 Å². The Morgan fingerprint density at radius 1 is 1.27 bits per heavy atom. The molecule has 116 valence electrons. The summed E-state index contributed by atoms with van der Waals surface area (Å²) in [5.74, 6) is 0.320. The molecular weight excluding hydrogens is 279 g/mol. The van der Waals surface area contributed by atoms with Gasteiger partial charge in [0.1, 0.15) is 11.3 Å². The largest absolute Gasteiger partial charge is 0.381 e. The number of hydrogen-bond acceptors (Lipinski definition) is 3. The number of ether oxygens (including phenoxy) is 1. The van der Waals surface area contributed by atoms with E-state index in [4.69, 9.17) is 4.74 Å². The maximum atomic E-state index is 14.0. The maximum absolute atomic E-state index is 14.0. The average Bonchev–Trinajstić information content (AvgIpc) is 2.98. The van der Waals surface area contributed by atoms with Crippen molar-refractivity contribution in [3.63, 3.8) is 0 Å². The first-order valence-electron chi connectivity index (χ1n) is 8.16. The summed E-state index contributed by atoms with van der Waals surface area (Å²) in [6, 6.07) is 7.61. The third-order valence-corrected chi connectivity index (χ3v) is 5.04. The molecular formula is C18H21FN2O. The Kier molecular flexibility index (Phi) is 3.49. The lowest BCUT2D eigenvalue weighted by Crippen LogP contribution is -2.38. The lowest BCUT2D eigenvalue weighted by molar-refractivity contribution is 0.0620. The van der Waals surface area contributed by atoms with Crippen LogP contribution in [0.15, 0.2) is 24.3 Å². The predicted molar refractivity (Wildman–Crippen MR) is 85.5 cm³/mol. The zero-order chi connectivity index (χ0) is 15.1. The molecule has 3 atom stereocenters. The van der Waals surface area contributed by atoms with Crippen molar-refractivity contribution in [2.75, 3.05) is 11.9 Å². The number of benzene rings is 1. The molecule has 1 saturated heterocycles. The van der Waals surface area contributed by atoms with Crippen LogP contribution in [-0.4, -0.2) is 23.7 Å². The molecule has 1 aromatic heterocycles. The molecule has 1 aromatic carbocycles. The van der Waals surface area contributed by atoms with Gasteiger partial charge in [0, 0.05) is 35.3 Å². The third kappa shape index (κ3) is 2.35. The zero-order valence-corrected chi connectivity index (χ0v) is 12.8. The summed E-state index contributed by atoms with van der Waals surface area (Å²) < 4.78 is 19.9. The van der Waals surface area contributed by atoms with Crippen LogP contribution < -0.4 is 5.32 Å². The Labute approximate surface area is 129 Å². The highest BCUT2D eigenvalue weighted by molar-refractivity contribution is 5.91. The highest BCUT2D eigenvalue weighted by Gasteiger charge is 2.37. The van der Waals surface area contributed by atoms with Crippen LogP contribution in [0.3, 0.4) is 0 Å². The van der Waals surface area contributed by atoms with Crippen molar-refractivity contribution in [3.05, 3.63) is 35.8 Å². The third-order valence-electron chi connectivity index (χ3n) is 5.04. The van der Waals surface area contributed by atoms with Crippen molar-refractivity contribution < 1.29 is 9.13 Å². The average molecular weight is 300 g/mol. The van der Waals surface area contributed by atoms with Gasteiger partial charge in [0.25, 0.3) is 0 Å². The van der Waals surface area contributed by atoms with Crippen LogP contribution in [0.4, 0.5) is 10.1 Å². The SMILES string of the molecule is Cc1cc(NC2CCCC3OCCC23)c2cccc(F)c2n1. The quantitative estimate of drug-likeness (QED) is 0.908. The second-order valence-electron chi connectivity index (χ2n) is 6.49. The van der Waals surface area contributed by atoms with Gasteiger partial charge in [-0.1, -0.05) is 12.1 Å². The molecule has 1 N–H and O–H groups in total. The fourth-order valence-corrected chi connectivity index (χ4v) is 4.02. The molecule has 3 nitrogen and oxygen atoms in total. The molecule has 22 heavy (non-hydrogen) atoms. The smallest absolute Gasteiger partial charge is 0.149 e. The number of aromatic nitrogens is 1. The van der Waals surface area contributed by atoms with E-state index in [1.165, 1.54) is 18.9 Å². The highest BCUT2D eigenvalue weighted by Crippen LogP contribution is 2.37. The van der Waals surface area contributed by atoms with E-state index in [1.807, 2.05) is 19.1 Å². The summed E-state index contributed by atoms with van der Waals surface area (Å²) in [7, 11) is 0. The fraction of sp³-hybridized carbons (Fsp3) is 0.500. The van der Waals surface area contributed by atoms with Crippen LogP contribution in [0, 0.1) is 18.7 Å². The van der Waals surface area contributed by atoms with Gasteiger partial charge in [-0.05, 0) is 44.7 Å². The van der Waals surface area contributed by atoms with Crippen LogP contribution in [-0.2, 0) is 4.74 Å². The molecule has 0 spiro atoms. The molecule has 4 rings (SSSR count). The second kappa shape index (κ2) is 5.51. The van der Waals surface area contributed by atoms with E-state index in [-0.39, 0.29) is 5.82 Å². The van der Waals surface area contributed by atoms with E-state index < -0.39 is 0 Å². The Bertz CT molecular complexity index is 703. The summed E-state index contributed by atoms with van der Waals surface area (Å²) in [5, 5.41) is 4.54. The lowest BCUT2D eigenvalue weighted by Gasteiger charge is -2.34. The Morgan fingerprint density at radius 3 is 3.09 bits per heavy atom. The number of hydrogen-bond donors (Lipinski definition) is 1. The summed E-state index contributed by atoms with van der Waals surface area (Å²) in [6.45, 7) is 2.79. The van der Waals surface area contributed by atoms with Gasteiger partial charge in [0.15, 0.2) is 0 Å². The zero-order valence-electron chi connectivity index (χ0n) is 12.8. The Balaban J connectivity index is 1.70. The van der Waals surface area contributed by atoms with Crippen LogP contribution in [0.1, 0.15) is 31.4 Å². The molecule has 3 unspecified atom stereocenters. The lowest BCUT2D eigenvalue weighted by atomic mass is 9.81. The van der Waals surface area contributed by atoms with E-state index in [0.29, 0.717) is 23.6 Å². The molecule has 2 aromatic rings. The van der Waals surface area contributed by atoms with Gasteiger partial charge in [-0.3, -0.25) is 0 Å². The van der Waals surface area contributed by atoms with Crippen molar-refractivity contribution in [1.29, 1.82) is 0 Å². The molecule has 0 radical (unpaired) electrons. The summed E-state index contributed by atoms with van der Waals surface area (Å²) >= 11 is 0. The van der Waals surface area contributed by atoms with Gasteiger partial charge < -0.3 is 10.1 Å². The number of para-hydroxylation sites is 1. The predicted octanol–water partition coefficient (Wildman–Crippen LogP) is 4.05. The molecule has 1 aliphatic heterocycles. The second-order valence-corrected chi connectivity index (χ2v) is 6.49. The molecule has 2 fully saturated rings. The first kappa shape index (κ1) is 13.9. The van der Waals surface area contributed by atoms with E-state index in [1.54, 1.807) is 6.07 Å². The van der Waals surface area contributed by atoms with E-state index in [2.05, 4.69) is 10.3 Å². The number of nitrogens with zero attached hydrogens (tertiary/aromatic N) is 1. The summed E-state index contributed by atoms with van der Waals surface area (Å²) in [6.07, 6.45) is 5.04. The van der Waals surface area contributed by atoms with E-state index >= 15 is 0 Å². The number of aryl methyl sites for hydroxylation is 1. The summed E-state index contributed by atoms with van der Waals surface area (Å²) in [4.78, 5) is 4.36. The minimum Gasteiger partial charge on any atom is -0.381 e. The molecule has 1 aliphatic carbocycles. The number of halogens is 1. The van der Waals surface area contributed by atoms with Crippen molar-refractivity contribution >= 4 is 16.6 Å². The molecule has 2 aliphatic rings. The monoisotopic (exact) mass is 300 g/mol. The van der Waals surface area contributed by atoms with Gasteiger partial charge in [0.05, 0.1) is 6.10 Å². The molecule has 0 amide bonds. The van der Waals surface area contributed by atoms with E-state index in [9.17, 15) is 4.39 Å². The van der Waals surface area contributed by atoms with Crippen LogP contribution in [0.25, 0.3) is 10.9 Å². The van der Waals surface area contributed by atoms with Crippen LogP contribution >= 0.6 is 0 Å². The number of fused-ring (bicyclic) bond motifs is 2. The minimum absolute atomic E-state index is 0.255. The van der Waals surface area contributed by atoms with E-state index in [0.717, 1.165) is 36.2 Å². The van der Waals surface area contributed by atoms with Gasteiger partial charge in [-0.25, -0.2) is 9.37 Å². The normalized spacial score (nSPS) is 27.8. The van der Waals surface area contributed by atoms with Crippen molar-refractivity contribution in [1.82, 2.24) is 4.98 Å². The minimum atomic E-state index is -0.255. The molecule has 2 heterocycles. The number of rotatable bonds is 2. The topological polar surface area (TPSA) is 34.1 Å². The first-order chi connectivity index (χ1) is 10.7. The molecule has 0 bridgehead atoms. The Hall–Kier alpha value is -1.68. The molecule has 4 heteroatoms. The maximum Gasteiger partial charge on any atom is 0.149 e. The fourth-order valence-electron chi connectivity index (χ4n) is 4.02. The van der Waals surface area contributed by atoms with Crippen LogP contribution in [0.5, 0.6) is 0 Å². The van der Waals surface area contributed by atoms with Gasteiger partial charge in [0.2, 0.25) is 0 Å². The summed E-state index contributed by atoms with van der Waals surface area (Å²) in [5.41, 5.74) is 2.30. The van der Waals surface area contributed by atoms with Crippen LogP contribution in [0.2, 0.25) is 0 Å². The van der Waals surface area contributed by atoms with Crippen molar-refractivity contribution in [3.8, 4) is 0 Å². The number of anilines is 1. The molecule has 1 saturated carbocycles. The first-order valence-corrected chi connectivity index (χ1v) is 8.16. The Morgan fingerprint density at radius 2 is 2.18 bits per heavy atom. The number of nitrogens with one attached hydrogen (secondary N) is 1. The van der Waals surface area contributed by atoms with Crippen molar-refractivity contribution in [2.45, 2.75) is 44.8 Å². The highest BCUT2D eigenvalue weighted by atomic mass is 19.1. The number of pyridine rings is 1.